The standard InChI is InChI=1S/C50H94O6/c1-4-7-10-13-16-19-21-23-25-27-28-31-34-37-40-43-49(52)55-46-47(45-54-48(51)42-39-36-33-30-18-15-12-9-6-3)56-50(53)44-41-38-35-32-29-26-24-22-20-17-14-11-8-5-2/h22,24,47H,4-21,23,25-46H2,1-3H3/b24-22-/t47-/m1/s1. The SMILES string of the molecule is CCCCCCC/C=C\CCCCCCCC(=O)O[C@H](COC(=O)CCCCCCCCCCC)COC(=O)CCCCCCCCCCCCCCCCC. The molecule has 0 fully saturated rings. The summed E-state index contributed by atoms with van der Waals surface area (Å²) in [6, 6.07) is 0. The Morgan fingerprint density at radius 1 is 0.339 bits per heavy atom. The van der Waals surface area contributed by atoms with Gasteiger partial charge in [0.1, 0.15) is 13.2 Å². The number of unbranched alkanes of at least 4 members (excludes halogenated alkanes) is 32. The quantitative estimate of drug-likeness (QED) is 0.0264. The highest BCUT2D eigenvalue weighted by Crippen LogP contribution is 2.16. The third-order valence-electron chi connectivity index (χ3n) is 11.0. The van der Waals surface area contributed by atoms with Gasteiger partial charge < -0.3 is 14.2 Å². The summed E-state index contributed by atoms with van der Waals surface area (Å²) in [4.78, 5) is 37.8. The lowest BCUT2D eigenvalue weighted by molar-refractivity contribution is -0.167. The molecule has 0 aromatic carbocycles. The average molecular weight is 791 g/mol. The van der Waals surface area contributed by atoms with Crippen LogP contribution in [0.4, 0.5) is 0 Å². The molecule has 0 aliphatic heterocycles. The van der Waals surface area contributed by atoms with Gasteiger partial charge in [0.05, 0.1) is 0 Å². The van der Waals surface area contributed by atoms with Crippen molar-refractivity contribution < 1.29 is 28.6 Å². The molecule has 0 spiro atoms. The van der Waals surface area contributed by atoms with Gasteiger partial charge in [-0.05, 0) is 44.9 Å². The van der Waals surface area contributed by atoms with Gasteiger partial charge in [0, 0.05) is 19.3 Å². The Balaban J connectivity index is 4.30. The van der Waals surface area contributed by atoms with E-state index in [2.05, 4.69) is 32.9 Å². The van der Waals surface area contributed by atoms with Gasteiger partial charge in [-0.25, -0.2) is 0 Å². The van der Waals surface area contributed by atoms with E-state index < -0.39 is 6.10 Å². The number of ether oxygens (including phenoxy) is 3. The first kappa shape index (κ1) is 54.2. The summed E-state index contributed by atoms with van der Waals surface area (Å²) >= 11 is 0. The van der Waals surface area contributed by atoms with E-state index in [1.165, 1.54) is 167 Å². The molecule has 0 aliphatic rings. The predicted octanol–water partition coefficient (Wildman–Crippen LogP) is 15.8. The van der Waals surface area contributed by atoms with Gasteiger partial charge in [0.15, 0.2) is 6.10 Å². The Morgan fingerprint density at radius 2 is 0.589 bits per heavy atom. The van der Waals surface area contributed by atoms with Crippen LogP contribution in [0.1, 0.15) is 271 Å². The largest absolute Gasteiger partial charge is 0.462 e. The second-order valence-corrected chi connectivity index (χ2v) is 16.7. The van der Waals surface area contributed by atoms with Crippen molar-refractivity contribution in [3.8, 4) is 0 Å². The summed E-state index contributed by atoms with van der Waals surface area (Å²) in [5.74, 6) is -0.867. The molecule has 0 amide bonds. The average Bonchev–Trinajstić information content (AvgIpc) is 3.19. The Morgan fingerprint density at radius 3 is 0.893 bits per heavy atom. The van der Waals surface area contributed by atoms with E-state index in [9.17, 15) is 14.4 Å². The first-order chi connectivity index (χ1) is 27.5. The van der Waals surface area contributed by atoms with Gasteiger partial charge in [0.2, 0.25) is 0 Å². The molecule has 0 aliphatic carbocycles. The predicted molar refractivity (Wildman–Crippen MR) is 238 cm³/mol. The lowest BCUT2D eigenvalue weighted by Crippen LogP contribution is -2.30. The fourth-order valence-corrected chi connectivity index (χ4v) is 7.26. The Hall–Kier alpha value is -1.85. The van der Waals surface area contributed by atoms with Crippen LogP contribution >= 0.6 is 0 Å². The Labute approximate surface area is 348 Å². The lowest BCUT2D eigenvalue weighted by Gasteiger charge is -2.18. The van der Waals surface area contributed by atoms with Gasteiger partial charge in [-0.15, -0.1) is 0 Å². The molecule has 6 nitrogen and oxygen atoms in total. The number of hydrogen-bond acceptors (Lipinski definition) is 6. The molecule has 6 heteroatoms. The molecule has 56 heavy (non-hydrogen) atoms. The maximum absolute atomic E-state index is 12.7. The molecule has 0 N–H and O–H groups in total. The fourth-order valence-electron chi connectivity index (χ4n) is 7.26. The van der Waals surface area contributed by atoms with Crippen LogP contribution in [0.15, 0.2) is 12.2 Å². The third kappa shape index (κ3) is 43.3. The van der Waals surface area contributed by atoms with Crippen LogP contribution in [0.2, 0.25) is 0 Å². The van der Waals surface area contributed by atoms with Crippen LogP contribution in [0.3, 0.4) is 0 Å². The van der Waals surface area contributed by atoms with E-state index in [1.807, 2.05) is 0 Å². The maximum atomic E-state index is 12.7. The molecule has 0 rings (SSSR count). The van der Waals surface area contributed by atoms with Crippen LogP contribution in [0.5, 0.6) is 0 Å². The summed E-state index contributed by atoms with van der Waals surface area (Å²) in [6.45, 7) is 6.63. The highest BCUT2D eigenvalue weighted by molar-refractivity contribution is 5.71. The fraction of sp³-hybridized carbons (Fsp3) is 0.900. The van der Waals surface area contributed by atoms with Crippen molar-refractivity contribution in [1.29, 1.82) is 0 Å². The molecule has 0 unspecified atom stereocenters. The first-order valence-corrected chi connectivity index (χ1v) is 24.7. The Bertz CT molecular complexity index is 870. The number of rotatable bonds is 45. The number of carbonyl (C=O) groups excluding carboxylic acids is 3. The topological polar surface area (TPSA) is 78.9 Å². The number of esters is 3. The van der Waals surface area contributed by atoms with E-state index in [-0.39, 0.29) is 31.1 Å². The summed E-state index contributed by atoms with van der Waals surface area (Å²) in [6.07, 6.45) is 49.1. The van der Waals surface area contributed by atoms with Gasteiger partial charge in [0.25, 0.3) is 0 Å². The van der Waals surface area contributed by atoms with E-state index in [0.29, 0.717) is 19.3 Å². The zero-order valence-electron chi connectivity index (χ0n) is 37.7. The van der Waals surface area contributed by atoms with E-state index in [4.69, 9.17) is 14.2 Å². The first-order valence-electron chi connectivity index (χ1n) is 24.7. The number of allylic oxidation sites excluding steroid dienone is 2. The molecule has 0 saturated heterocycles. The van der Waals surface area contributed by atoms with Crippen molar-refractivity contribution in [2.24, 2.45) is 0 Å². The third-order valence-corrected chi connectivity index (χ3v) is 11.0. The molecule has 0 aromatic heterocycles. The zero-order valence-corrected chi connectivity index (χ0v) is 37.7. The van der Waals surface area contributed by atoms with Crippen molar-refractivity contribution in [2.45, 2.75) is 277 Å². The summed E-state index contributed by atoms with van der Waals surface area (Å²) in [5, 5.41) is 0. The number of hydrogen-bond donors (Lipinski definition) is 0. The summed E-state index contributed by atoms with van der Waals surface area (Å²) < 4.78 is 16.7. The van der Waals surface area contributed by atoms with Crippen molar-refractivity contribution in [1.82, 2.24) is 0 Å². The van der Waals surface area contributed by atoms with Crippen LogP contribution in [-0.2, 0) is 28.6 Å². The van der Waals surface area contributed by atoms with Crippen molar-refractivity contribution in [3.05, 3.63) is 12.2 Å². The molecule has 0 heterocycles. The molecule has 0 saturated carbocycles. The van der Waals surface area contributed by atoms with Gasteiger partial charge >= 0.3 is 17.9 Å². The van der Waals surface area contributed by atoms with E-state index in [1.54, 1.807) is 0 Å². The molecule has 330 valence electrons. The zero-order chi connectivity index (χ0) is 40.8. The molecule has 0 bridgehead atoms. The highest BCUT2D eigenvalue weighted by Gasteiger charge is 2.19. The molecule has 1 atom stereocenters. The van der Waals surface area contributed by atoms with Crippen molar-refractivity contribution in [2.75, 3.05) is 13.2 Å². The van der Waals surface area contributed by atoms with Crippen LogP contribution in [0, 0.1) is 0 Å². The second kappa shape index (κ2) is 45.8. The maximum Gasteiger partial charge on any atom is 0.306 e. The minimum atomic E-state index is -0.766. The van der Waals surface area contributed by atoms with Crippen molar-refractivity contribution in [3.63, 3.8) is 0 Å². The van der Waals surface area contributed by atoms with Crippen molar-refractivity contribution >= 4 is 17.9 Å². The monoisotopic (exact) mass is 791 g/mol. The molecule has 0 radical (unpaired) electrons. The minimum absolute atomic E-state index is 0.0686. The minimum Gasteiger partial charge on any atom is -0.462 e. The summed E-state index contributed by atoms with van der Waals surface area (Å²) in [5.41, 5.74) is 0. The summed E-state index contributed by atoms with van der Waals surface area (Å²) in [7, 11) is 0. The molecular formula is C50H94O6. The van der Waals surface area contributed by atoms with Gasteiger partial charge in [-0.1, -0.05) is 219 Å². The van der Waals surface area contributed by atoms with Crippen LogP contribution in [-0.4, -0.2) is 37.2 Å². The number of carbonyl (C=O) groups is 3. The lowest BCUT2D eigenvalue weighted by atomic mass is 10.0. The van der Waals surface area contributed by atoms with Crippen LogP contribution < -0.4 is 0 Å². The van der Waals surface area contributed by atoms with E-state index >= 15 is 0 Å². The normalized spacial score (nSPS) is 12.0. The Kier molecular flexibility index (Phi) is 44.3. The van der Waals surface area contributed by atoms with Gasteiger partial charge in [-0.2, -0.15) is 0 Å². The molecule has 0 aromatic rings. The second-order valence-electron chi connectivity index (χ2n) is 16.7. The highest BCUT2D eigenvalue weighted by atomic mass is 16.6. The van der Waals surface area contributed by atoms with Crippen LogP contribution in [0.25, 0.3) is 0 Å². The van der Waals surface area contributed by atoms with E-state index in [0.717, 1.165) is 64.2 Å². The van der Waals surface area contributed by atoms with Gasteiger partial charge in [-0.3, -0.25) is 14.4 Å². The molecular weight excluding hydrogens is 697 g/mol. The smallest absolute Gasteiger partial charge is 0.306 e.